The average Bonchev–Trinajstić information content (AvgIpc) is 2.92. The van der Waals surface area contributed by atoms with Crippen LogP contribution in [-0.4, -0.2) is 35.2 Å². The fourth-order valence-corrected chi connectivity index (χ4v) is 4.18. The number of piperidine rings is 1. The van der Waals surface area contributed by atoms with Crippen LogP contribution in [0, 0.1) is 6.92 Å². The van der Waals surface area contributed by atoms with E-state index in [1.807, 2.05) is 25.3 Å². The van der Waals surface area contributed by atoms with Crippen molar-refractivity contribution in [3.8, 4) is 5.75 Å². The summed E-state index contributed by atoms with van der Waals surface area (Å²) in [5, 5.41) is 0. The fourth-order valence-electron chi connectivity index (χ4n) is 4.18. The van der Waals surface area contributed by atoms with E-state index in [1.54, 1.807) is 7.11 Å². The number of ether oxygens (including phenoxy) is 1. The Bertz CT molecular complexity index is 774. The van der Waals surface area contributed by atoms with Gasteiger partial charge >= 0.3 is 0 Å². The van der Waals surface area contributed by atoms with Crippen LogP contribution in [0.4, 0.5) is 11.8 Å². The molecule has 0 aromatic carbocycles. The molecule has 1 spiro atoms. The van der Waals surface area contributed by atoms with Crippen molar-refractivity contribution in [2.75, 3.05) is 30.8 Å². The van der Waals surface area contributed by atoms with Gasteiger partial charge in [-0.15, -0.1) is 0 Å². The summed E-state index contributed by atoms with van der Waals surface area (Å²) in [7, 11) is 1.70. The SMILES string of the molecule is COc1ccc(C)nc1N1CCCC2(CCc3cnc(N)nc32)C1. The van der Waals surface area contributed by atoms with Crippen molar-refractivity contribution in [2.24, 2.45) is 0 Å². The summed E-state index contributed by atoms with van der Waals surface area (Å²) in [6, 6.07) is 3.99. The molecule has 4 rings (SSSR count). The highest BCUT2D eigenvalue weighted by atomic mass is 16.5. The molecule has 6 nitrogen and oxygen atoms in total. The van der Waals surface area contributed by atoms with E-state index < -0.39 is 0 Å². The highest BCUT2D eigenvalue weighted by molar-refractivity contribution is 5.55. The van der Waals surface area contributed by atoms with Crippen molar-refractivity contribution in [3.63, 3.8) is 0 Å². The van der Waals surface area contributed by atoms with Gasteiger partial charge in [0.25, 0.3) is 0 Å². The molecule has 126 valence electrons. The zero-order valence-electron chi connectivity index (χ0n) is 14.2. The summed E-state index contributed by atoms with van der Waals surface area (Å²) in [4.78, 5) is 15.9. The van der Waals surface area contributed by atoms with Crippen molar-refractivity contribution in [3.05, 3.63) is 35.3 Å². The Kier molecular flexibility index (Phi) is 3.55. The molecule has 1 aliphatic carbocycles. The molecular formula is C18H23N5O. The fraction of sp³-hybridized carbons (Fsp3) is 0.500. The number of nitrogens with two attached hydrogens (primary N) is 1. The Morgan fingerprint density at radius 2 is 2.12 bits per heavy atom. The van der Waals surface area contributed by atoms with Crippen LogP contribution in [0.15, 0.2) is 18.3 Å². The van der Waals surface area contributed by atoms with E-state index in [-0.39, 0.29) is 5.41 Å². The number of anilines is 2. The van der Waals surface area contributed by atoms with E-state index in [0.717, 1.165) is 61.7 Å². The van der Waals surface area contributed by atoms with Crippen LogP contribution in [0.2, 0.25) is 0 Å². The topological polar surface area (TPSA) is 77.2 Å². The van der Waals surface area contributed by atoms with Gasteiger partial charge in [-0.3, -0.25) is 0 Å². The molecule has 1 fully saturated rings. The quantitative estimate of drug-likeness (QED) is 0.912. The lowest BCUT2D eigenvalue weighted by atomic mass is 9.77. The first kappa shape index (κ1) is 15.2. The van der Waals surface area contributed by atoms with Crippen LogP contribution in [0.25, 0.3) is 0 Å². The third-order valence-corrected chi connectivity index (χ3v) is 5.33. The number of aromatic nitrogens is 3. The predicted molar refractivity (Wildman–Crippen MR) is 93.4 cm³/mol. The average molecular weight is 325 g/mol. The Balaban J connectivity index is 1.71. The van der Waals surface area contributed by atoms with Crippen molar-refractivity contribution in [1.82, 2.24) is 15.0 Å². The Labute approximate surface area is 142 Å². The van der Waals surface area contributed by atoms with Gasteiger partial charge in [0.05, 0.1) is 12.8 Å². The van der Waals surface area contributed by atoms with Gasteiger partial charge in [-0.2, -0.15) is 0 Å². The van der Waals surface area contributed by atoms with Gasteiger partial charge in [0, 0.05) is 30.4 Å². The highest BCUT2D eigenvalue weighted by Gasteiger charge is 2.44. The molecule has 1 unspecified atom stereocenters. The minimum atomic E-state index is 0.0566. The second-order valence-electron chi connectivity index (χ2n) is 6.89. The summed E-state index contributed by atoms with van der Waals surface area (Å²) >= 11 is 0. The molecule has 0 amide bonds. The third-order valence-electron chi connectivity index (χ3n) is 5.33. The molecule has 0 saturated carbocycles. The number of aryl methyl sites for hydroxylation is 2. The number of rotatable bonds is 2. The van der Waals surface area contributed by atoms with E-state index in [4.69, 9.17) is 15.5 Å². The lowest BCUT2D eigenvalue weighted by molar-refractivity contribution is 0.329. The highest BCUT2D eigenvalue weighted by Crippen LogP contribution is 2.45. The Hall–Kier alpha value is -2.37. The third kappa shape index (κ3) is 2.37. The van der Waals surface area contributed by atoms with Crippen molar-refractivity contribution in [2.45, 2.75) is 38.0 Å². The van der Waals surface area contributed by atoms with E-state index in [0.29, 0.717) is 5.95 Å². The van der Waals surface area contributed by atoms with Gasteiger partial charge < -0.3 is 15.4 Å². The number of nitrogens with zero attached hydrogens (tertiary/aromatic N) is 4. The summed E-state index contributed by atoms with van der Waals surface area (Å²) < 4.78 is 5.54. The van der Waals surface area contributed by atoms with Crippen LogP contribution in [0.5, 0.6) is 5.75 Å². The molecule has 3 heterocycles. The molecule has 2 aromatic heterocycles. The van der Waals surface area contributed by atoms with E-state index in [9.17, 15) is 0 Å². The van der Waals surface area contributed by atoms with Crippen LogP contribution in [0.3, 0.4) is 0 Å². The lowest BCUT2D eigenvalue weighted by Crippen LogP contribution is -2.46. The number of methoxy groups -OCH3 is 1. The van der Waals surface area contributed by atoms with Gasteiger partial charge in [-0.05, 0) is 50.3 Å². The van der Waals surface area contributed by atoms with Crippen LogP contribution < -0.4 is 15.4 Å². The first-order valence-electron chi connectivity index (χ1n) is 8.50. The maximum absolute atomic E-state index is 5.86. The number of nitrogen functional groups attached to an aromatic ring is 1. The van der Waals surface area contributed by atoms with Crippen molar-refractivity contribution in [1.29, 1.82) is 0 Å². The smallest absolute Gasteiger partial charge is 0.220 e. The molecule has 0 bridgehead atoms. The van der Waals surface area contributed by atoms with Crippen LogP contribution >= 0.6 is 0 Å². The van der Waals surface area contributed by atoms with E-state index in [1.165, 1.54) is 5.56 Å². The molecule has 0 radical (unpaired) electrons. The number of fused-ring (bicyclic) bond motifs is 2. The van der Waals surface area contributed by atoms with Gasteiger partial charge in [0.1, 0.15) is 0 Å². The number of pyridine rings is 1. The summed E-state index contributed by atoms with van der Waals surface area (Å²) in [5.41, 5.74) is 9.31. The molecule has 24 heavy (non-hydrogen) atoms. The molecule has 6 heteroatoms. The van der Waals surface area contributed by atoms with E-state index >= 15 is 0 Å². The zero-order valence-corrected chi connectivity index (χ0v) is 14.2. The first-order valence-corrected chi connectivity index (χ1v) is 8.50. The second-order valence-corrected chi connectivity index (χ2v) is 6.89. The zero-order chi connectivity index (χ0) is 16.7. The summed E-state index contributed by atoms with van der Waals surface area (Å²) in [6.07, 6.45) is 6.28. The van der Waals surface area contributed by atoms with Gasteiger partial charge in [0.15, 0.2) is 11.6 Å². The number of hydrogen-bond acceptors (Lipinski definition) is 6. The minimum Gasteiger partial charge on any atom is -0.493 e. The molecule has 2 aromatic rings. The minimum absolute atomic E-state index is 0.0566. The normalized spacial score (nSPS) is 22.7. The largest absolute Gasteiger partial charge is 0.493 e. The molecule has 2 N–H and O–H groups in total. The van der Waals surface area contributed by atoms with E-state index in [2.05, 4.69) is 14.9 Å². The molecule has 2 aliphatic rings. The number of hydrogen-bond donors (Lipinski definition) is 1. The summed E-state index contributed by atoms with van der Waals surface area (Å²) in [6.45, 7) is 3.91. The monoisotopic (exact) mass is 325 g/mol. The van der Waals surface area contributed by atoms with Gasteiger partial charge in [-0.25, -0.2) is 15.0 Å². The molecule has 1 saturated heterocycles. The van der Waals surface area contributed by atoms with Crippen LogP contribution in [-0.2, 0) is 11.8 Å². The van der Waals surface area contributed by atoms with Gasteiger partial charge in [0.2, 0.25) is 5.95 Å². The Morgan fingerprint density at radius 3 is 2.96 bits per heavy atom. The molecular weight excluding hydrogens is 302 g/mol. The second kappa shape index (κ2) is 5.61. The maximum atomic E-state index is 5.86. The van der Waals surface area contributed by atoms with Crippen LogP contribution in [0.1, 0.15) is 36.2 Å². The van der Waals surface area contributed by atoms with Crippen molar-refractivity contribution < 1.29 is 4.74 Å². The molecule has 1 atom stereocenters. The lowest BCUT2D eigenvalue weighted by Gasteiger charge is -2.41. The van der Waals surface area contributed by atoms with Gasteiger partial charge in [-0.1, -0.05) is 0 Å². The summed E-state index contributed by atoms with van der Waals surface area (Å²) in [5.74, 6) is 2.14. The first-order chi connectivity index (χ1) is 11.6. The maximum Gasteiger partial charge on any atom is 0.220 e. The molecule has 1 aliphatic heterocycles. The standard InChI is InChI=1S/C18H23N5O/c1-12-4-5-14(24-2)16(21-12)23-9-3-7-18(11-23)8-6-13-10-20-17(19)22-15(13)18/h4-5,10H,3,6-9,11H2,1-2H3,(H2,19,20,22). The predicted octanol–water partition coefficient (Wildman–Crippen LogP) is 2.26. The Morgan fingerprint density at radius 1 is 1.25 bits per heavy atom. The van der Waals surface area contributed by atoms with Crippen molar-refractivity contribution >= 4 is 11.8 Å².